The highest BCUT2D eigenvalue weighted by molar-refractivity contribution is 7.90. The van der Waals surface area contributed by atoms with Crippen LogP contribution in [0.5, 0.6) is 0 Å². The third-order valence-electron chi connectivity index (χ3n) is 5.15. The summed E-state index contributed by atoms with van der Waals surface area (Å²) < 4.78 is 244. The van der Waals surface area contributed by atoms with Gasteiger partial charge >= 0.3 is 41.0 Å². The van der Waals surface area contributed by atoms with Crippen LogP contribution in [0.25, 0.3) is 0 Å². The molecule has 0 atom stereocenters. The summed E-state index contributed by atoms with van der Waals surface area (Å²) in [6, 6.07) is 0. The van der Waals surface area contributed by atoms with Crippen molar-refractivity contribution in [1.29, 1.82) is 0 Å². The minimum atomic E-state index is -8.60. The van der Waals surface area contributed by atoms with Crippen molar-refractivity contribution in [3.8, 4) is 0 Å². The van der Waals surface area contributed by atoms with Crippen LogP contribution in [-0.2, 0) is 29.0 Å². The summed E-state index contributed by atoms with van der Waals surface area (Å²) in [6.45, 7) is -3.47. The van der Waals surface area contributed by atoms with Crippen LogP contribution in [0.4, 0.5) is 65.9 Å². The summed E-state index contributed by atoms with van der Waals surface area (Å²) in [5.74, 6) is -42.0. The van der Waals surface area contributed by atoms with Crippen LogP contribution in [0.1, 0.15) is 6.92 Å². The first-order chi connectivity index (χ1) is 19.3. The van der Waals surface area contributed by atoms with E-state index < -0.39 is 81.7 Å². The maximum absolute atomic E-state index is 14.3. The molecule has 0 saturated carbocycles. The van der Waals surface area contributed by atoms with Crippen molar-refractivity contribution in [2.45, 2.75) is 48.0 Å². The number of rotatable bonds is 22. The Morgan fingerprint density at radius 3 is 1.21 bits per heavy atom. The van der Waals surface area contributed by atoms with Crippen molar-refractivity contribution in [3.63, 3.8) is 0 Å². The molecule has 43 heavy (non-hydrogen) atoms. The van der Waals surface area contributed by atoms with E-state index in [0.29, 0.717) is 6.92 Å². The summed E-state index contributed by atoms with van der Waals surface area (Å²) in [5.41, 5.74) is 0. The Bertz CT molecular complexity index is 949. The van der Waals surface area contributed by atoms with E-state index in [1.165, 1.54) is 0 Å². The Hall–Kier alpha value is -1.34. The highest BCUT2D eigenvalue weighted by Crippen LogP contribution is 2.63. The summed E-state index contributed by atoms with van der Waals surface area (Å²) in [5, 5.41) is 1.01. The maximum Gasteiger partial charge on any atom is 0.460 e. The van der Waals surface area contributed by atoms with Crippen LogP contribution in [0, 0.1) is 0 Å². The summed E-state index contributed by atoms with van der Waals surface area (Å²) in [7, 11) is -7.25. The standard InChI is InChI=1S/C19H26F15NO7S/c1-2-35(3-5-39-7-9-41-11-12-42-10-8-40-6-4-36)43(37,38)19(33,34)17(28,29)15(24,25)13(20,21)14(22,23)16(26,27)18(30,31)32/h36H,2-12H2,1H3. The summed E-state index contributed by atoms with van der Waals surface area (Å²) >= 11 is 0. The van der Waals surface area contributed by atoms with Gasteiger partial charge in [-0.25, -0.2) is 8.42 Å². The zero-order chi connectivity index (χ0) is 34.2. The van der Waals surface area contributed by atoms with Gasteiger partial charge in [0.25, 0.3) is 10.0 Å². The fraction of sp³-hybridized carbons (Fsp3) is 1.00. The first-order valence-electron chi connectivity index (χ1n) is 11.5. The molecule has 260 valence electrons. The molecular formula is C19H26F15NO7S. The monoisotopic (exact) mass is 697 g/mol. The lowest BCUT2D eigenvalue weighted by Gasteiger charge is -2.41. The van der Waals surface area contributed by atoms with Gasteiger partial charge < -0.3 is 24.1 Å². The van der Waals surface area contributed by atoms with Crippen molar-refractivity contribution >= 4 is 10.0 Å². The van der Waals surface area contributed by atoms with Gasteiger partial charge in [0.15, 0.2) is 0 Å². The molecule has 8 nitrogen and oxygen atoms in total. The second kappa shape index (κ2) is 15.3. The molecule has 0 fully saturated rings. The zero-order valence-electron chi connectivity index (χ0n) is 21.7. The Balaban J connectivity index is 5.48. The van der Waals surface area contributed by atoms with Crippen molar-refractivity contribution in [1.82, 2.24) is 4.31 Å². The molecule has 0 aliphatic carbocycles. The molecule has 1 N–H and O–H groups in total. The predicted octanol–water partition coefficient (Wildman–Crippen LogP) is 4.03. The third kappa shape index (κ3) is 8.48. The van der Waals surface area contributed by atoms with Crippen LogP contribution in [0.2, 0.25) is 0 Å². The molecule has 0 amide bonds. The van der Waals surface area contributed by atoms with Gasteiger partial charge in [0.05, 0.1) is 59.5 Å². The van der Waals surface area contributed by atoms with E-state index in [9.17, 15) is 74.3 Å². The first kappa shape index (κ1) is 41.7. The molecule has 24 heteroatoms. The number of hydrogen-bond donors (Lipinski definition) is 1. The van der Waals surface area contributed by atoms with Crippen molar-refractivity contribution in [2.75, 3.05) is 72.6 Å². The van der Waals surface area contributed by atoms with E-state index >= 15 is 0 Å². The van der Waals surface area contributed by atoms with Crippen LogP contribution in [0.15, 0.2) is 0 Å². The molecule has 0 aromatic rings. The highest BCUT2D eigenvalue weighted by atomic mass is 32.2. The fourth-order valence-corrected chi connectivity index (χ4v) is 4.15. The van der Waals surface area contributed by atoms with Gasteiger partial charge in [-0.05, 0) is 0 Å². The molecule has 0 aromatic carbocycles. The molecule has 0 radical (unpaired) electrons. The first-order valence-corrected chi connectivity index (χ1v) is 13.0. The molecule has 0 unspecified atom stereocenters. The van der Waals surface area contributed by atoms with Gasteiger partial charge in [0, 0.05) is 13.1 Å². The molecule has 0 saturated heterocycles. The highest BCUT2D eigenvalue weighted by Gasteiger charge is 2.94. The second-order valence-electron chi connectivity index (χ2n) is 8.06. The van der Waals surface area contributed by atoms with E-state index in [1.54, 1.807) is 0 Å². The summed E-state index contributed by atoms with van der Waals surface area (Å²) in [4.78, 5) is 0. The Labute approximate surface area is 234 Å². The minimum Gasteiger partial charge on any atom is -0.394 e. The van der Waals surface area contributed by atoms with E-state index in [0.717, 1.165) is 0 Å². The van der Waals surface area contributed by atoms with Gasteiger partial charge in [-0.2, -0.15) is 70.2 Å². The number of alkyl halides is 15. The Kier molecular flexibility index (Phi) is 14.8. The molecular weight excluding hydrogens is 671 g/mol. The number of sulfonamides is 1. The topological polar surface area (TPSA) is 94.5 Å². The van der Waals surface area contributed by atoms with E-state index in [4.69, 9.17) is 24.1 Å². The molecule has 0 aliphatic heterocycles. The average Bonchev–Trinajstić information content (AvgIpc) is 2.87. The number of aliphatic hydroxyl groups is 1. The van der Waals surface area contributed by atoms with Crippen molar-refractivity contribution in [2.24, 2.45) is 0 Å². The Morgan fingerprint density at radius 1 is 0.535 bits per heavy atom. The number of nitrogens with zero attached hydrogens (tertiary/aromatic N) is 1. The average molecular weight is 697 g/mol. The van der Waals surface area contributed by atoms with Crippen molar-refractivity contribution < 1.29 is 98.3 Å². The van der Waals surface area contributed by atoms with Gasteiger partial charge in [0.1, 0.15) is 0 Å². The lowest BCUT2D eigenvalue weighted by atomic mass is 9.94. The smallest absolute Gasteiger partial charge is 0.394 e. The lowest BCUT2D eigenvalue weighted by molar-refractivity contribution is -0.447. The van der Waals surface area contributed by atoms with E-state index in [2.05, 4.69) is 0 Å². The van der Waals surface area contributed by atoms with Crippen LogP contribution in [0.3, 0.4) is 0 Å². The number of aliphatic hydroxyl groups excluding tert-OH is 1. The SMILES string of the molecule is CCN(CCOCCOCCOCCOCCO)S(=O)(=O)C(F)(F)C(F)(F)C(F)(F)C(F)(F)C(F)(F)C(F)(F)C(F)(F)F. The number of likely N-dealkylation sites (N-methyl/N-ethyl adjacent to an activating group) is 1. The number of halogens is 15. The largest absolute Gasteiger partial charge is 0.460 e. The van der Waals surface area contributed by atoms with Crippen LogP contribution in [-0.4, -0.2) is 131 Å². The molecule has 0 aliphatic rings. The molecule has 0 heterocycles. The van der Waals surface area contributed by atoms with E-state index in [1.807, 2.05) is 0 Å². The van der Waals surface area contributed by atoms with Gasteiger partial charge in [0.2, 0.25) is 0 Å². The molecule has 0 rings (SSSR count). The number of ether oxygens (including phenoxy) is 4. The summed E-state index contributed by atoms with van der Waals surface area (Å²) in [6.07, 6.45) is -7.77. The second-order valence-corrected chi connectivity index (χ2v) is 10.0. The lowest BCUT2D eigenvalue weighted by Crippen LogP contribution is -2.73. The predicted molar refractivity (Wildman–Crippen MR) is 112 cm³/mol. The quantitative estimate of drug-likeness (QED) is 0.135. The Morgan fingerprint density at radius 2 is 0.860 bits per heavy atom. The maximum atomic E-state index is 14.3. The van der Waals surface area contributed by atoms with Gasteiger partial charge in [-0.15, -0.1) is 0 Å². The minimum absolute atomic E-state index is 0.0348. The van der Waals surface area contributed by atoms with Crippen LogP contribution >= 0.6 is 0 Å². The number of hydrogen-bond acceptors (Lipinski definition) is 7. The van der Waals surface area contributed by atoms with E-state index in [-0.39, 0.29) is 46.2 Å². The zero-order valence-corrected chi connectivity index (χ0v) is 22.5. The molecule has 0 aromatic heterocycles. The van der Waals surface area contributed by atoms with Crippen LogP contribution < -0.4 is 0 Å². The molecule has 0 bridgehead atoms. The fourth-order valence-electron chi connectivity index (χ4n) is 2.72. The van der Waals surface area contributed by atoms with Gasteiger partial charge in [-0.1, -0.05) is 6.92 Å². The van der Waals surface area contributed by atoms with Gasteiger partial charge in [-0.3, -0.25) is 0 Å². The normalized spacial score (nSPS) is 15.0. The third-order valence-corrected chi connectivity index (χ3v) is 7.18. The molecule has 0 spiro atoms. The van der Waals surface area contributed by atoms with Crippen molar-refractivity contribution in [3.05, 3.63) is 0 Å².